The molecule has 0 radical (unpaired) electrons. The van der Waals surface area contributed by atoms with Crippen molar-refractivity contribution < 1.29 is 9.90 Å². The number of hydrogen-bond acceptors (Lipinski definition) is 4. The summed E-state index contributed by atoms with van der Waals surface area (Å²) in [5.74, 6) is -0.982. The Morgan fingerprint density at radius 2 is 2.18 bits per heavy atom. The van der Waals surface area contributed by atoms with Crippen molar-refractivity contribution >= 4 is 30.1 Å². The molecule has 2 heterocycles. The van der Waals surface area contributed by atoms with E-state index >= 15 is 0 Å². The summed E-state index contributed by atoms with van der Waals surface area (Å²) in [5, 5.41) is 10.1. The number of aryl methyl sites for hydroxylation is 1. The van der Waals surface area contributed by atoms with E-state index in [1.54, 1.807) is 24.7 Å². The number of aromatic nitrogens is 3. The Balaban J connectivity index is 0.00000144. The minimum absolute atomic E-state index is 0. The maximum Gasteiger partial charge on any atom is 0.338 e. The van der Waals surface area contributed by atoms with Crippen molar-refractivity contribution in [1.29, 1.82) is 0 Å². The van der Waals surface area contributed by atoms with Gasteiger partial charge in [-0.05, 0) is 23.9 Å². The van der Waals surface area contributed by atoms with Crippen molar-refractivity contribution in [1.82, 2.24) is 14.5 Å². The van der Waals surface area contributed by atoms with Gasteiger partial charge in [0.25, 0.3) is 0 Å². The molecule has 0 saturated carbocycles. The summed E-state index contributed by atoms with van der Waals surface area (Å²) in [6.07, 6.45) is 5.02. The number of hydrogen-bond donors (Lipinski definition) is 1. The summed E-state index contributed by atoms with van der Waals surface area (Å²) in [6.45, 7) is 0. The maximum atomic E-state index is 11.0. The second-order valence-electron chi connectivity index (χ2n) is 3.08. The minimum Gasteiger partial charge on any atom is -0.478 e. The average molecular weight is 272 g/mol. The molecule has 0 unspecified atom stereocenters. The van der Waals surface area contributed by atoms with Crippen LogP contribution >= 0.6 is 24.2 Å². The highest BCUT2D eigenvalue weighted by Gasteiger charge is 2.13. The number of halogens is 1. The number of nitrogens with zero attached hydrogens (tertiary/aromatic N) is 3. The molecular weight excluding hydrogens is 262 g/mol. The number of pyridine rings is 1. The smallest absolute Gasteiger partial charge is 0.338 e. The second kappa shape index (κ2) is 5.70. The van der Waals surface area contributed by atoms with E-state index in [0.717, 1.165) is 0 Å². The van der Waals surface area contributed by atoms with Gasteiger partial charge in [0, 0.05) is 25.6 Å². The van der Waals surface area contributed by atoms with Crippen LogP contribution in [0.15, 0.2) is 40.9 Å². The van der Waals surface area contributed by atoms with E-state index in [9.17, 15) is 4.79 Å². The van der Waals surface area contributed by atoms with Crippen LogP contribution in [0.3, 0.4) is 0 Å². The standard InChI is InChI=1S/C10H9N3O2S.ClH/c1-13-6-5-12-10(13)16-8-7(9(14)15)3-2-4-11-8;/h2-6H,1H3,(H,14,15);1H. The van der Waals surface area contributed by atoms with Crippen molar-refractivity contribution in [3.05, 3.63) is 36.3 Å². The molecule has 1 N–H and O–H groups in total. The van der Waals surface area contributed by atoms with Gasteiger partial charge < -0.3 is 9.67 Å². The second-order valence-corrected chi connectivity index (χ2v) is 4.04. The van der Waals surface area contributed by atoms with E-state index in [2.05, 4.69) is 9.97 Å². The first-order valence-electron chi connectivity index (χ1n) is 4.52. The fourth-order valence-electron chi connectivity index (χ4n) is 1.17. The number of aromatic carboxylic acids is 1. The van der Waals surface area contributed by atoms with Crippen molar-refractivity contribution in [3.8, 4) is 0 Å². The van der Waals surface area contributed by atoms with Crippen LogP contribution in [0.5, 0.6) is 0 Å². The van der Waals surface area contributed by atoms with Crippen LogP contribution < -0.4 is 0 Å². The van der Waals surface area contributed by atoms with Crippen LogP contribution in [0.1, 0.15) is 10.4 Å². The normalized spacial score (nSPS) is 9.71. The molecule has 0 aliphatic heterocycles. The molecule has 0 bridgehead atoms. The Labute approximate surface area is 108 Å². The maximum absolute atomic E-state index is 11.0. The zero-order valence-corrected chi connectivity index (χ0v) is 10.5. The van der Waals surface area contributed by atoms with E-state index in [-0.39, 0.29) is 18.0 Å². The van der Waals surface area contributed by atoms with Crippen molar-refractivity contribution in [3.63, 3.8) is 0 Å². The molecule has 90 valence electrons. The minimum atomic E-state index is -0.982. The first-order valence-corrected chi connectivity index (χ1v) is 5.33. The van der Waals surface area contributed by atoms with Crippen LogP contribution in [0.25, 0.3) is 0 Å². The molecule has 0 saturated heterocycles. The summed E-state index contributed by atoms with van der Waals surface area (Å²) in [6, 6.07) is 3.13. The van der Waals surface area contributed by atoms with Crippen LogP contribution in [0, 0.1) is 0 Å². The predicted octanol–water partition coefficient (Wildman–Crippen LogP) is 2.09. The average Bonchev–Trinajstić information content (AvgIpc) is 2.65. The molecule has 2 rings (SSSR count). The van der Waals surface area contributed by atoms with E-state index in [1.165, 1.54) is 17.8 Å². The summed E-state index contributed by atoms with van der Waals surface area (Å²) in [7, 11) is 1.85. The molecule has 0 aromatic carbocycles. The first-order chi connectivity index (χ1) is 7.68. The SMILES string of the molecule is Cl.Cn1ccnc1Sc1ncccc1C(=O)O. The van der Waals surface area contributed by atoms with E-state index in [0.29, 0.717) is 10.2 Å². The van der Waals surface area contributed by atoms with Gasteiger partial charge in [-0.25, -0.2) is 14.8 Å². The van der Waals surface area contributed by atoms with Gasteiger partial charge in [0.2, 0.25) is 0 Å². The number of carboxylic acid groups (broad SMARTS) is 1. The van der Waals surface area contributed by atoms with Crippen molar-refractivity contribution in [2.75, 3.05) is 0 Å². The Hall–Kier alpha value is -1.53. The molecule has 5 nitrogen and oxygen atoms in total. The third-order valence-corrected chi connectivity index (χ3v) is 3.06. The molecule has 0 aliphatic carbocycles. The lowest BCUT2D eigenvalue weighted by Crippen LogP contribution is -2.01. The molecule has 0 spiro atoms. The third kappa shape index (κ3) is 2.98. The lowest BCUT2D eigenvalue weighted by molar-refractivity contribution is 0.0692. The molecule has 0 atom stereocenters. The topological polar surface area (TPSA) is 68.0 Å². The fourth-order valence-corrected chi connectivity index (χ4v) is 2.04. The summed E-state index contributed by atoms with van der Waals surface area (Å²) in [4.78, 5) is 19.1. The summed E-state index contributed by atoms with van der Waals surface area (Å²) < 4.78 is 1.81. The highest BCUT2D eigenvalue weighted by Crippen LogP contribution is 2.26. The summed E-state index contributed by atoms with van der Waals surface area (Å²) >= 11 is 1.24. The Bertz CT molecular complexity index is 530. The number of rotatable bonds is 3. The lowest BCUT2D eigenvalue weighted by atomic mass is 10.3. The zero-order chi connectivity index (χ0) is 11.5. The van der Waals surface area contributed by atoms with Crippen molar-refractivity contribution in [2.24, 2.45) is 7.05 Å². The van der Waals surface area contributed by atoms with Gasteiger partial charge in [0.1, 0.15) is 5.03 Å². The lowest BCUT2D eigenvalue weighted by Gasteiger charge is -2.03. The van der Waals surface area contributed by atoms with Gasteiger partial charge in [-0.2, -0.15) is 0 Å². The number of carbonyl (C=O) groups is 1. The van der Waals surface area contributed by atoms with E-state index in [4.69, 9.17) is 5.11 Å². The zero-order valence-electron chi connectivity index (χ0n) is 8.90. The van der Waals surface area contributed by atoms with Gasteiger partial charge >= 0.3 is 5.97 Å². The van der Waals surface area contributed by atoms with Gasteiger partial charge in [0.15, 0.2) is 5.16 Å². The van der Waals surface area contributed by atoms with Crippen molar-refractivity contribution in [2.45, 2.75) is 10.2 Å². The largest absolute Gasteiger partial charge is 0.478 e. The van der Waals surface area contributed by atoms with E-state index < -0.39 is 5.97 Å². The fraction of sp³-hybridized carbons (Fsp3) is 0.100. The highest BCUT2D eigenvalue weighted by atomic mass is 35.5. The predicted molar refractivity (Wildman–Crippen MR) is 65.8 cm³/mol. The van der Waals surface area contributed by atoms with Crippen LogP contribution in [-0.4, -0.2) is 25.6 Å². The Morgan fingerprint density at radius 3 is 2.76 bits per heavy atom. The molecule has 0 aliphatic rings. The molecule has 2 aromatic rings. The monoisotopic (exact) mass is 271 g/mol. The third-order valence-electron chi connectivity index (χ3n) is 1.97. The quantitative estimate of drug-likeness (QED) is 0.926. The Kier molecular flexibility index (Phi) is 4.53. The van der Waals surface area contributed by atoms with E-state index in [1.807, 2.05) is 11.6 Å². The van der Waals surface area contributed by atoms with Gasteiger partial charge in [0.05, 0.1) is 5.56 Å². The first kappa shape index (κ1) is 13.5. The molecule has 7 heteroatoms. The molecule has 0 fully saturated rings. The number of carboxylic acids is 1. The highest BCUT2D eigenvalue weighted by molar-refractivity contribution is 7.99. The van der Waals surface area contributed by atoms with Gasteiger partial charge in [-0.1, -0.05) is 0 Å². The Morgan fingerprint density at radius 1 is 1.41 bits per heavy atom. The van der Waals surface area contributed by atoms with Gasteiger partial charge in [-0.15, -0.1) is 12.4 Å². The van der Waals surface area contributed by atoms with Crippen LogP contribution in [-0.2, 0) is 7.05 Å². The molecule has 17 heavy (non-hydrogen) atoms. The molecule has 2 aromatic heterocycles. The summed E-state index contributed by atoms with van der Waals surface area (Å²) in [5.41, 5.74) is 0.190. The molecular formula is C10H10ClN3O2S. The number of imidazole rings is 1. The van der Waals surface area contributed by atoms with Crippen LogP contribution in [0.4, 0.5) is 0 Å². The molecule has 0 amide bonds. The van der Waals surface area contributed by atoms with Gasteiger partial charge in [-0.3, -0.25) is 0 Å². The van der Waals surface area contributed by atoms with Crippen LogP contribution in [0.2, 0.25) is 0 Å².